The largest absolute Gasteiger partial charge is 0.380 e. The van der Waals surface area contributed by atoms with E-state index in [1.54, 1.807) is 0 Å². The van der Waals surface area contributed by atoms with E-state index >= 15 is 0 Å². The average molecular weight is 248 g/mol. The zero-order valence-corrected chi connectivity index (χ0v) is 10.8. The van der Waals surface area contributed by atoms with E-state index < -0.39 is 0 Å². The molecule has 4 rings (SSSR count). The van der Waals surface area contributed by atoms with Crippen LogP contribution in [0.1, 0.15) is 11.1 Å². The molecule has 1 aliphatic heterocycles. The van der Waals surface area contributed by atoms with Gasteiger partial charge in [0.1, 0.15) is 0 Å². The fourth-order valence-electron chi connectivity index (χ4n) is 3.40. The Kier molecular flexibility index (Phi) is 2.52. The Balaban J connectivity index is 1.86. The molecular formula is C18H16O. The highest BCUT2D eigenvalue weighted by Crippen LogP contribution is 2.54. The van der Waals surface area contributed by atoms with Crippen molar-refractivity contribution >= 4 is 11.1 Å². The van der Waals surface area contributed by atoms with Gasteiger partial charge in [-0.05, 0) is 22.3 Å². The molecule has 0 spiro atoms. The number of hydrogen-bond acceptors (Lipinski definition) is 1. The second-order valence-electron chi connectivity index (χ2n) is 5.31. The number of benzene rings is 2. The van der Waals surface area contributed by atoms with Gasteiger partial charge in [-0.2, -0.15) is 0 Å². The molecule has 0 aromatic heterocycles. The Hall–Kier alpha value is -1.86. The molecule has 2 aromatic rings. The molecule has 1 fully saturated rings. The van der Waals surface area contributed by atoms with Crippen LogP contribution < -0.4 is 0 Å². The molecule has 0 saturated carbocycles. The van der Waals surface area contributed by atoms with Gasteiger partial charge in [0.05, 0.1) is 13.2 Å². The summed E-state index contributed by atoms with van der Waals surface area (Å²) >= 11 is 0. The lowest BCUT2D eigenvalue weighted by Crippen LogP contribution is -2.27. The zero-order chi connectivity index (χ0) is 12.7. The second-order valence-corrected chi connectivity index (χ2v) is 5.31. The van der Waals surface area contributed by atoms with E-state index in [0.717, 1.165) is 13.2 Å². The van der Waals surface area contributed by atoms with Crippen molar-refractivity contribution in [3.8, 4) is 0 Å². The first-order valence-corrected chi connectivity index (χ1v) is 6.88. The van der Waals surface area contributed by atoms with E-state index in [1.165, 1.54) is 22.3 Å². The summed E-state index contributed by atoms with van der Waals surface area (Å²) in [6.07, 6.45) is 0. The van der Waals surface area contributed by atoms with Gasteiger partial charge < -0.3 is 4.74 Å². The van der Waals surface area contributed by atoms with Crippen LogP contribution in [0.3, 0.4) is 0 Å². The van der Waals surface area contributed by atoms with E-state index in [9.17, 15) is 0 Å². The molecule has 1 nitrogen and oxygen atoms in total. The molecule has 0 N–H and O–H groups in total. The Labute approximate surface area is 113 Å². The molecule has 0 unspecified atom stereocenters. The van der Waals surface area contributed by atoms with Gasteiger partial charge in [-0.15, -0.1) is 0 Å². The fourth-order valence-corrected chi connectivity index (χ4v) is 3.40. The van der Waals surface area contributed by atoms with Crippen LogP contribution in [-0.2, 0) is 4.74 Å². The molecule has 2 aliphatic rings. The summed E-state index contributed by atoms with van der Waals surface area (Å²) < 4.78 is 5.69. The lowest BCUT2D eigenvalue weighted by molar-refractivity contribution is 0.190. The number of fused-ring (bicyclic) bond motifs is 1. The monoisotopic (exact) mass is 248 g/mol. The number of rotatable bonds is 2. The third kappa shape index (κ3) is 1.66. The molecule has 19 heavy (non-hydrogen) atoms. The number of ether oxygens (including phenoxy) is 1. The Morgan fingerprint density at radius 3 is 1.47 bits per heavy atom. The SMILES string of the molecule is c1ccc(C2=C(c3ccccc3)[C@@H]3COC[C@H]23)cc1. The minimum atomic E-state index is 0.595. The van der Waals surface area contributed by atoms with E-state index in [0.29, 0.717) is 11.8 Å². The van der Waals surface area contributed by atoms with E-state index in [2.05, 4.69) is 60.7 Å². The molecule has 2 atom stereocenters. The van der Waals surface area contributed by atoms with Gasteiger partial charge in [-0.1, -0.05) is 60.7 Å². The molecule has 0 amide bonds. The van der Waals surface area contributed by atoms with E-state index in [-0.39, 0.29) is 0 Å². The van der Waals surface area contributed by atoms with Gasteiger partial charge >= 0.3 is 0 Å². The minimum Gasteiger partial charge on any atom is -0.380 e. The van der Waals surface area contributed by atoms with Gasteiger partial charge in [0.25, 0.3) is 0 Å². The third-order valence-electron chi connectivity index (χ3n) is 4.28. The Bertz CT molecular complexity index is 557. The van der Waals surface area contributed by atoms with Crippen molar-refractivity contribution in [1.82, 2.24) is 0 Å². The van der Waals surface area contributed by atoms with E-state index in [1.807, 2.05) is 0 Å². The van der Waals surface area contributed by atoms with Gasteiger partial charge in [0.15, 0.2) is 0 Å². The van der Waals surface area contributed by atoms with Crippen LogP contribution in [0.4, 0.5) is 0 Å². The highest BCUT2D eigenvalue weighted by molar-refractivity contribution is 6.00. The first kappa shape index (κ1) is 11.0. The van der Waals surface area contributed by atoms with Crippen LogP contribution in [0.5, 0.6) is 0 Å². The summed E-state index contributed by atoms with van der Waals surface area (Å²) in [5.41, 5.74) is 5.70. The quantitative estimate of drug-likeness (QED) is 0.784. The minimum absolute atomic E-state index is 0.595. The summed E-state index contributed by atoms with van der Waals surface area (Å²) in [6, 6.07) is 21.5. The average Bonchev–Trinajstić information content (AvgIpc) is 2.85. The number of hydrogen-bond donors (Lipinski definition) is 0. The predicted molar refractivity (Wildman–Crippen MR) is 77.5 cm³/mol. The molecular weight excluding hydrogens is 232 g/mol. The first-order chi connectivity index (χ1) is 9.45. The maximum absolute atomic E-state index is 5.69. The first-order valence-electron chi connectivity index (χ1n) is 6.88. The van der Waals surface area contributed by atoms with Crippen molar-refractivity contribution in [2.45, 2.75) is 0 Å². The molecule has 0 bridgehead atoms. The highest BCUT2D eigenvalue weighted by atomic mass is 16.5. The van der Waals surface area contributed by atoms with Crippen molar-refractivity contribution in [2.24, 2.45) is 11.8 Å². The molecule has 1 saturated heterocycles. The Morgan fingerprint density at radius 1 is 0.632 bits per heavy atom. The molecule has 2 aromatic carbocycles. The van der Waals surface area contributed by atoms with Gasteiger partial charge in [-0.3, -0.25) is 0 Å². The summed E-state index contributed by atoms with van der Waals surface area (Å²) in [4.78, 5) is 0. The van der Waals surface area contributed by atoms with Crippen LogP contribution >= 0.6 is 0 Å². The summed E-state index contributed by atoms with van der Waals surface area (Å²) in [5, 5.41) is 0. The molecule has 1 heteroatoms. The normalized spacial score (nSPS) is 25.1. The van der Waals surface area contributed by atoms with Gasteiger partial charge in [0.2, 0.25) is 0 Å². The lowest BCUT2D eigenvalue weighted by Gasteiger charge is -2.37. The lowest BCUT2D eigenvalue weighted by atomic mass is 9.65. The van der Waals surface area contributed by atoms with Crippen molar-refractivity contribution < 1.29 is 4.74 Å². The Morgan fingerprint density at radius 2 is 1.05 bits per heavy atom. The third-order valence-corrected chi connectivity index (χ3v) is 4.28. The topological polar surface area (TPSA) is 9.23 Å². The molecule has 1 heterocycles. The van der Waals surface area contributed by atoms with Crippen molar-refractivity contribution in [1.29, 1.82) is 0 Å². The van der Waals surface area contributed by atoms with Gasteiger partial charge in [0, 0.05) is 11.8 Å². The molecule has 0 radical (unpaired) electrons. The van der Waals surface area contributed by atoms with Crippen LogP contribution in [0.2, 0.25) is 0 Å². The fraction of sp³-hybridized carbons (Fsp3) is 0.222. The second kappa shape index (κ2) is 4.36. The van der Waals surface area contributed by atoms with Crippen molar-refractivity contribution in [3.63, 3.8) is 0 Å². The van der Waals surface area contributed by atoms with Crippen molar-refractivity contribution in [3.05, 3.63) is 71.8 Å². The van der Waals surface area contributed by atoms with Crippen LogP contribution in [-0.4, -0.2) is 13.2 Å². The van der Waals surface area contributed by atoms with E-state index in [4.69, 9.17) is 4.74 Å². The van der Waals surface area contributed by atoms with Crippen molar-refractivity contribution in [2.75, 3.05) is 13.2 Å². The molecule has 1 aliphatic carbocycles. The summed E-state index contributed by atoms with van der Waals surface area (Å²) in [7, 11) is 0. The van der Waals surface area contributed by atoms with Crippen LogP contribution in [0.25, 0.3) is 11.1 Å². The standard InChI is InChI=1S/C18H16O/c1-3-7-13(8-4-1)17-15-11-19-12-16(15)18(17)14-9-5-2-6-10-14/h1-10,15-16H,11-12H2/t15-,16+. The summed E-state index contributed by atoms with van der Waals surface area (Å²) in [5.74, 6) is 1.19. The highest BCUT2D eigenvalue weighted by Gasteiger charge is 2.44. The van der Waals surface area contributed by atoms with Gasteiger partial charge in [-0.25, -0.2) is 0 Å². The maximum Gasteiger partial charge on any atom is 0.0542 e. The maximum atomic E-state index is 5.69. The molecule has 94 valence electrons. The summed E-state index contributed by atoms with van der Waals surface area (Å²) in [6.45, 7) is 1.76. The van der Waals surface area contributed by atoms with Crippen LogP contribution in [0.15, 0.2) is 60.7 Å². The van der Waals surface area contributed by atoms with Crippen LogP contribution in [0, 0.1) is 11.8 Å². The zero-order valence-electron chi connectivity index (χ0n) is 10.8. The smallest absolute Gasteiger partial charge is 0.0542 e. The predicted octanol–water partition coefficient (Wildman–Crippen LogP) is 3.87.